The second kappa shape index (κ2) is 10.8. The zero-order chi connectivity index (χ0) is 17.1. The third-order valence-electron chi connectivity index (χ3n) is 5.75. The largest absolute Gasteiger partial charge is 0.461 e. The molecule has 4 nitrogen and oxygen atoms in total. The highest BCUT2D eigenvalue weighted by Gasteiger charge is 2.46. The molecule has 2 bridgehead atoms. The maximum atomic E-state index is 12.5. The van der Waals surface area contributed by atoms with Crippen LogP contribution in [0.5, 0.6) is 0 Å². The van der Waals surface area contributed by atoms with Gasteiger partial charge in [-0.2, -0.15) is 0 Å². The molecule has 0 radical (unpaired) electrons. The van der Waals surface area contributed by atoms with Crippen molar-refractivity contribution in [3.63, 3.8) is 0 Å². The number of rotatable bonds is 5. The highest BCUT2D eigenvalue weighted by Crippen LogP contribution is 2.38. The Morgan fingerprint density at radius 2 is 1.85 bits per heavy atom. The van der Waals surface area contributed by atoms with Gasteiger partial charge in [-0.05, 0) is 39.0 Å². The predicted molar refractivity (Wildman–Crippen MR) is 116 cm³/mol. The molecule has 0 aromatic heterocycles. The molecule has 148 valence electrons. The molecule has 1 aromatic carbocycles. The fourth-order valence-corrected chi connectivity index (χ4v) is 4.50. The first-order valence-corrected chi connectivity index (χ1v) is 9.20. The van der Waals surface area contributed by atoms with Crippen LogP contribution in [0.25, 0.3) is 0 Å². The summed E-state index contributed by atoms with van der Waals surface area (Å²) in [6.07, 6.45) is 2.82. The van der Waals surface area contributed by atoms with E-state index in [9.17, 15) is 4.79 Å². The number of benzene rings is 1. The van der Waals surface area contributed by atoms with Crippen LogP contribution in [0.15, 0.2) is 30.3 Å². The van der Waals surface area contributed by atoms with Gasteiger partial charge in [-0.15, -0.1) is 34.0 Å². The number of carbonyl (C=O) groups is 1. The lowest BCUT2D eigenvalue weighted by atomic mass is 9.71. The molecule has 1 heterocycles. The number of carbonyl (C=O) groups excluding carboxylic acids is 1. The summed E-state index contributed by atoms with van der Waals surface area (Å²) in [5, 5.41) is 0. The van der Waals surface area contributed by atoms with Crippen LogP contribution in [-0.4, -0.2) is 61.6 Å². The zero-order valence-corrected chi connectivity index (χ0v) is 19.4. The van der Waals surface area contributed by atoms with Crippen molar-refractivity contribution in [2.24, 2.45) is 11.8 Å². The summed E-state index contributed by atoms with van der Waals surface area (Å²) in [6.45, 7) is 5.41. The van der Waals surface area contributed by atoms with Gasteiger partial charge in [-0.3, -0.25) is 4.79 Å². The van der Waals surface area contributed by atoms with Gasteiger partial charge < -0.3 is 14.5 Å². The molecule has 3 rings (SSSR count). The number of halogens is 2. The normalized spacial score (nSPS) is 28.0. The van der Waals surface area contributed by atoms with Crippen molar-refractivity contribution in [1.82, 2.24) is 9.80 Å². The molecule has 2 fully saturated rings. The van der Waals surface area contributed by atoms with Gasteiger partial charge in [0.1, 0.15) is 6.10 Å². The van der Waals surface area contributed by atoms with E-state index in [0.717, 1.165) is 31.6 Å². The van der Waals surface area contributed by atoms with Gasteiger partial charge in [0.05, 0.1) is 6.42 Å². The average Bonchev–Trinajstić information content (AvgIpc) is 2.55. The highest BCUT2D eigenvalue weighted by molar-refractivity contribution is 8.93. The lowest BCUT2D eigenvalue weighted by Gasteiger charge is -2.51. The van der Waals surface area contributed by atoms with Gasteiger partial charge in [0.2, 0.25) is 0 Å². The molecule has 26 heavy (non-hydrogen) atoms. The minimum Gasteiger partial charge on any atom is -0.461 e. The van der Waals surface area contributed by atoms with E-state index in [1.54, 1.807) is 0 Å². The molecule has 1 saturated carbocycles. The van der Waals surface area contributed by atoms with Crippen molar-refractivity contribution in [3.8, 4) is 0 Å². The van der Waals surface area contributed by atoms with E-state index in [1.165, 1.54) is 6.42 Å². The van der Waals surface area contributed by atoms with Gasteiger partial charge >= 0.3 is 5.97 Å². The summed E-state index contributed by atoms with van der Waals surface area (Å²) < 4.78 is 6.04. The van der Waals surface area contributed by atoms with Crippen LogP contribution in [0, 0.1) is 11.8 Å². The van der Waals surface area contributed by atoms with Crippen molar-refractivity contribution in [1.29, 1.82) is 0 Å². The van der Waals surface area contributed by atoms with Crippen molar-refractivity contribution in [3.05, 3.63) is 35.9 Å². The quantitative estimate of drug-likeness (QED) is 0.589. The lowest BCUT2D eigenvalue weighted by Crippen LogP contribution is -2.60. The van der Waals surface area contributed by atoms with Gasteiger partial charge in [0, 0.05) is 31.0 Å². The number of nitrogens with zero attached hydrogens (tertiary/aromatic N) is 2. The van der Waals surface area contributed by atoms with Crippen molar-refractivity contribution >= 4 is 39.9 Å². The Hall–Kier alpha value is -0.430. The third kappa shape index (κ3) is 5.54. The van der Waals surface area contributed by atoms with Gasteiger partial charge in [-0.25, -0.2) is 0 Å². The fraction of sp³-hybridized carbons (Fsp3) is 0.650. The minimum absolute atomic E-state index is 0. The number of likely N-dealkylation sites (tertiary alicyclic amines) is 1. The zero-order valence-electron chi connectivity index (χ0n) is 16.0. The first-order valence-electron chi connectivity index (χ1n) is 9.20. The van der Waals surface area contributed by atoms with Gasteiger partial charge in [0.25, 0.3) is 0 Å². The Bertz CT molecular complexity index is 556. The fourth-order valence-electron chi connectivity index (χ4n) is 4.50. The number of piperidine rings is 1. The lowest BCUT2D eigenvalue weighted by molar-refractivity contribution is -0.167. The standard InChI is InChI=1S/C20H30N2O2.2BrH/c1-4-22-13-16-10-11-18(21(2)3)17(14-22)20(16)24-19(23)12-15-8-6-5-7-9-15;;/h5-9,16-18,20H,4,10-14H2,1-3H3;2*1H/t16?,17?,18-,20-;;/m1../s1. The van der Waals surface area contributed by atoms with E-state index < -0.39 is 0 Å². The monoisotopic (exact) mass is 490 g/mol. The van der Waals surface area contributed by atoms with Crippen LogP contribution in [0.3, 0.4) is 0 Å². The van der Waals surface area contributed by atoms with Gasteiger partial charge in [-0.1, -0.05) is 37.3 Å². The Morgan fingerprint density at radius 1 is 1.15 bits per heavy atom. The van der Waals surface area contributed by atoms with Crippen molar-refractivity contribution in [2.45, 2.75) is 38.3 Å². The highest BCUT2D eigenvalue weighted by atomic mass is 79.9. The third-order valence-corrected chi connectivity index (χ3v) is 5.75. The molecule has 1 aromatic rings. The second-order valence-corrected chi connectivity index (χ2v) is 7.50. The molecule has 1 saturated heterocycles. The van der Waals surface area contributed by atoms with Crippen LogP contribution < -0.4 is 0 Å². The van der Waals surface area contributed by atoms with Crippen LogP contribution in [0.4, 0.5) is 0 Å². The summed E-state index contributed by atoms with van der Waals surface area (Å²) in [6, 6.07) is 10.4. The number of hydrogen-bond acceptors (Lipinski definition) is 4. The van der Waals surface area contributed by atoms with E-state index in [0.29, 0.717) is 24.3 Å². The number of hydrogen-bond donors (Lipinski definition) is 0. The van der Waals surface area contributed by atoms with E-state index in [-0.39, 0.29) is 46.0 Å². The number of fused-ring (bicyclic) bond motifs is 2. The molecule has 2 aliphatic rings. The molecule has 0 spiro atoms. The maximum Gasteiger partial charge on any atom is 0.310 e. The molecular weight excluding hydrogens is 460 g/mol. The maximum absolute atomic E-state index is 12.5. The SMILES string of the molecule is Br.Br.CCN1CC2CC[C@@H](N(C)C)C(C1)[C@@H]2OC(=O)Cc1ccccc1. The molecule has 4 atom stereocenters. The topological polar surface area (TPSA) is 32.8 Å². The summed E-state index contributed by atoms with van der Waals surface area (Å²) in [5.41, 5.74) is 1.03. The molecule has 6 heteroatoms. The van der Waals surface area contributed by atoms with Crippen molar-refractivity contribution < 1.29 is 9.53 Å². The predicted octanol–water partition coefficient (Wildman–Crippen LogP) is 3.59. The molecule has 1 aliphatic carbocycles. The van der Waals surface area contributed by atoms with Crippen LogP contribution in [0.1, 0.15) is 25.3 Å². The summed E-state index contributed by atoms with van der Waals surface area (Å²) in [7, 11) is 4.30. The molecular formula is C20H32Br2N2O2. The molecule has 2 unspecified atom stereocenters. The van der Waals surface area contributed by atoms with Crippen LogP contribution >= 0.6 is 34.0 Å². The summed E-state index contributed by atoms with van der Waals surface area (Å²) >= 11 is 0. The molecule has 0 N–H and O–H groups in total. The second-order valence-electron chi connectivity index (χ2n) is 7.50. The first kappa shape index (κ1) is 23.6. The number of esters is 1. The first-order chi connectivity index (χ1) is 11.6. The van der Waals surface area contributed by atoms with E-state index in [2.05, 4.69) is 30.8 Å². The summed E-state index contributed by atoms with van der Waals surface area (Å²) in [4.78, 5) is 17.3. The average molecular weight is 492 g/mol. The Balaban J connectivity index is 0.00000169. The van der Waals surface area contributed by atoms with E-state index in [4.69, 9.17) is 4.74 Å². The Labute approximate surface area is 178 Å². The summed E-state index contributed by atoms with van der Waals surface area (Å²) in [5.74, 6) is 0.831. The Kier molecular flexibility index (Phi) is 9.80. The Morgan fingerprint density at radius 3 is 2.46 bits per heavy atom. The smallest absolute Gasteiger partial charge is 0.310 e. The van der Waals surface area contributed by atoms with E-state index in [1.807, 2.05) is 30.3 Å². The van der Waals surface area contributed by atoms with Crippen LogP contribution in [-0.2, 0) is 16.0 Å². The number of ether oxygens (including phenoxy) is 1. The molecule has 0 amide bonds. The molecule has 1 aliphatic heterocycles. The van der Waals surface area contributed by atoms with E-state index >= 15 is 0 Å². The minimum atomic E-state index is -0.0782. The van der Waals surface area contributed by atoms with Crippen molar-refractivity contribution in [2.75, 3.05) is 33.7 Å². The van der Waals surface area contributed by atoms with Gasteiger partial charge in [0.15, 0.2) is 0 Å². The van der Waals surface area contributed by atoms with Crippen LogP contribution in [0.2, 0.25) is 0 Å².